The Morgan fingerprint density at radius 2 is 1.96 bits per heavy atom. The van der Waals surface area contributed by atoms with E-state index in [1.807, 2.05) is 49.4 Å². The van der Waals surface area contributed by atoms with E-state index in [1.54, 1.807) is 16.9 Å². The summed E-state index contributed by atoms with van der Waals surface area (Å²) in [6.07, 6.45) is 3.23. The summed E-state index contributed by atoms with van der Waals surface area (Å²) in [6, 6.07) is 14.7. The van der Waals surface area contributed by atoms with Gasteiger partial charge in [0.2, 0.25) is 5.91 Å². The highest BCUT2D eigenvalue weighted by Crippen LogP contribution is 2.19. The maximum Gasteiger partial charge on any atom is 0.254 e. The Morgan fingerprint density at radius 1 is 1.18 bits per heavy atom. The quantitative estimate of drug-likeness (QED) is 0.660. The van der Waals surface area contributed by atoms with E-state index in [0.29, 0.717) is 22.8 Å². The number of nitrogens with zero attached hydrogens (tertiary/aromatic N) is 2. The number of hydrogen-bond acceptors (Lipinski definition) is 3. The number of carbonyl (C=O) groups excluding carboxylic acids is 2. The van der Waals surface area contributed by atoms with Gasteiger partial charge in [-0.25, -0.2) is 0 Å². The summed E-state index contributed by atoms with van der Waals surface area (Å²) >= 11 is 6.18. The van der Waals surface area contributed by atoms with E-state index < -0.39 is 0 Å². The second kappa shape index (κ2) is 8.71. The lowest BCUT2D eigenvalue weighted by Crippen LogP contribution is -2.26. The third kappa shape index (κ3) is 4.98. The van der Waals surface area contributed by atoms with Gasteiger partial charge >= 0.3 is 0 Å². The second-order valence-electron chi connectivity index (χ2n) is 6.52. The first-order valence-corrected chi connectivity index (χ1v) is 9.24. The van der Waals surface area contributed by atoms with Crippen molar-refractivity contribution in [3.05, 3.63) is 82.6 Å². The van der Waals surface area contributed by atoms with Gasteiger partial charge in [-0.2, -0.15) is 5.10 Å². The molecular formula is C21H21ClN4O2. The van der Waals surface area contributed by atoms with Crippen LogP contribution in [0.15, 0.2) is 60.9 Å². The molecule has 0 aliphatic heterocycles. The first-order chi connectivity index (χ1) is 13.4. The van der Waals surface area contributed by atoms with Crippen LogP contribution in [0.3, 0.4) is 0 Å². The molecule has 0 saturated heterocycles. The molecule has 7 heteroatoms. The molecule has 0 fully saturated rings. The van der Waals surface area contributed by atoms with Crippen molar-refractivity contribution in [1.82, 2.24) is 15.1 Å². The monoisotopic (exact) mass is 396 g/mol. The third-order valence-electron chi connectivity index (χ3n) is 4.24. The van der Waals surface area contributed by atoms with Crippen LogP contribution in [0.25, 0.3) is 0 Å². The summed E-state index contributed by atoms with van der Waals surface area (Å²) < 4.78 is 1.68. The molecule has 6 nitrogen and oxygen atoms in total. The van der Waals surface area contributed by atoms with Crippen LogP contribution in [0, 0.1) is 0 Å². The molecule has 1 heterocycles. The molecule has 1 atom stereocenters. The lowest BCUT2D eigenvalue weighted by molar-refractivity contribution is -0.114. The van der Waals surface area contributed by atoms with Gasteiger partial charge in [-0.15, -0.1) is 0 Å². The van der Waals surface area contributed by atoms with Crippen molar-refractivity contribution in [2.24, 2.45) is 0 Å². The number of rotatable bonds is 6. The zero-order valence-corrected chi connectivity index (χ0v) is 16.4. The molecule has 3 aromatic rings. The highest BCUT2D eigenvalue weighted by atomic mass is 35.5. The number of carbonyl (C=O) groups is 2. The van der Waals surface area contributed by atoms with Gasteiger partial charge in [-0.3, -0.25) is 14.3 Å². The van der Waals surface area contributed by atoms with Crippen LogP contribution in [0.1, 0.15) is 41.4 Å². The number of hydrogen-bond donors (Lipinski definition) is 2. The van der Waals surface area contributed by atoms with Crippen molar-refractivity contribution < 1.29 is 9.59 Å². The van der Waals surface area contributed by atoms with E-state index in [-0.39, 0.29) is 17.9 Å². The number of amides is 2. The largest absolute Gasteiger partial charge is 0.345 e. The Balaban J connectivity index is 1.66. The second-order valence-corrected chi connectivity index (χ2v) is 6.93. The molecule has 0 spiro atoms. The molecule has 28 heavy (non-hydrogen) atoms. The van der Waals surface area contributed by atoms with Crippen molar-refractivity contribution in [3.63, 3.8) is 0 Å². The Morgan fingerprint density at radius 3 is 2.71 bits per heavy atom. The molecule has 144 valence electrons. The first kappa shape index (κ1) is 19.6. The van der Waals surface area contributed by atoms with Crippen molar-refractivity contribution in [2.45, 2.75) is 26.4 Å². The average Bonchev–Trinajstić information content (AvgIpc) is 3.12. The molecule has 1 aromatic heterocycles. The SMILES string of the molecule is CC(=O)Nc1cccc(C(C)NC(=O)c2cnn(Cc3ccccc3Cl)c2)c1. The number of halogens is 1. The topological polar surface area (TPSA) is 76.0 Å². The molecular weight excluding hydrogens is 376 g/mol. The van der Waals surface area contributed by atoms with Gasteiger partial charge in [-0.1, -0.05) is 41.9 Å². The average molecular weight is 397 g/mol. The highest BCUT2D eigenvalue weighted by molar-refractivity contribution is 6.31. The van der Waals surface area contributed by atoms with Gasteiger partial charge in [0.05, 0.1) is 24.3 Å². The van der Waals surface area contributed by atoms with Crippen LogP contribution >= 0.6 is 11.6 Å². The van der Waals surface area contributed by atoms with Crippen molar-refractivity contribution in [1.29, 1.82) is 0 Å². The van der Waals surface area contributed by atoms with Crippen LogP contribution in [-0.4, -0.2) is 21.6 Å². The standard InChI is InChI=1S/C21H21ClN4O2/c1-14(16-7-5-8-19(10-16)25-15(2)27)24-21(28)18-11-23-26(13-18)12-17-6-3-4-9-20(17)22/h3-11,13-14H,12H2,1-2H3,(H,24,28)(H,25,27). The summed E-state index contributed by atoms with van der Waals surface area (Å²) in [7, 11) is 0. The maximum absolute atomic E-state index is 12.6. The minimum absolute atomic E-state index is 0.139. The van der Waals surface area contributed by atoms with Crippen LogP contribution in [-0.2, 0) is 11.3 Å². The fraction of sp³-hybridized carbons (Fsp3) is 0.190. The molecule has 2 amide bonds. The van der Waals surface area contributed by atoms with Crippen molar-refractivity contribution >= 4 is 29.1 Å². The van der Waals surface area contributed by atoms with E-state index in [9.17, 15) is 9.59 Å². The minimum Gasteiger partial charge on any atom is -0.345 e. The number of nitrogens with one attached hydrogen (secondary N) is 2. The van der Waals surface area contributed by atoms with E-state index in [1.165, 1.54) is 13.1 Å². The van der Waals surface area contributed by atoms with E-state index in [4.69, 9.17) is 11.6 Å². The van der Waals surface area contributed by atoms with E-state index in [2.05, 4.69) is 15.7 Å². The normalized spacial score (nSPS) is 11.7. The van der Waals surface area contributed by atoms with Gasteiger partial charge in [0.25, 0.3) is 5.91 Å². The molecule has 0 saturated carbocycles. The molecule has 2 N–H and O–H groups in total. The smallest absolute Gasteiger partial charge is 0.254 e. The third-order valence-corrected chi connectivity index (χ3v) is 4.61. The Kier molecular flexibility index (Phi) is 6.11. The van der Waals surface area contributed by atoms with Crippen LogP contribution in [0.5, 0.6) is 0 Å². The number of benzene rings is 2. The number of anilines is 1. The molecule has 0 aliphatic rings. The van der Waals surface area contributed by atoms with Gasteiger partial charge in [-0.05, 0) is 36.2 Å². The lowest BCUT2D eigenvalue weighted by Gasteiger charge is -2.15. The fourth-order valence-electron chi connectivity index (χ4n) is 2.82. The number of aromatic nitrogens is 2. The molecule has 0 aliphatic carbocycles. The maximum atomic E-state index is 12.6. The fourth-order valence-corrected chi connectivity index (χ4v) is 3.02. The molecule has 2 aromatic carbocycles. The summed E-state index contributed by atoms with van der Waals surface area (Å²) in [5, 5.41) is 10.6. The van der Waals surface area contributed by atoms with Crippen LogP contribution in [0.4, 0.5) is 5.69 Å². The molecule has 0 bridgehead atoms. The summed E-state index contributed by atoms with van der Waals surface area (Å²) in [4.78, 5) is 23.8. The van der Waals surface area contributed by atoms with Crippen LogP contribution in [0.2, 0.25) is 5.02 Å². The van der Waals surface area contributed by atoms with Crippen molar-refractivity contribution in [2.75, 3.05) is 5.32 Å². The highest BCUT2D eigenvalue weighted by Gasteiger charge is 2.14. The van der Waals surface area contributed by atoms with Gasteiger partial charge in [0, 0.05) is 23.8 Å². The predicted octanol–water partition coefficient (Wildman–Crippen LogP) is 4.03. The minimum atomic E-state index is -0.229. The zero-order valence-electron chi connectivity index (χ0n) is 15.6. The zero-order chi connectivity index (χ0) is 20.1. The molecule has 3 rings (SSSR count). The lowest BCUT2D eigenvalue weighted by atomic mass is 10.1. The Bertz CT molecular complexity index is 999. The van der Waals surface area contributed by atoms with Crippen molar-refractivity contribution in [3.8, 4) is 0 Å². The predicted molar refractivity (Wildman–Crippen MR) is 109 cm³/mol. The van der Waals surface area contributed by atoms with E-state index in [0.717, 1.165) is 11.1 Å². The molecule has 1 unspecified atom stereocenters. The Labute approximate surface area is 168 Å². The van der Waals surface area contributed by atoms with Crippen LogP contribution < -0.4 is 10.6 Å². The Hall–Kier alpha value is -3.12. The first-order valence-electron chi connectivity index (χ1n) is 8.86. The van der Waals surface area contributed by atoms with E-state index >= 15 is 0 Å². The summed E-state index contributed by atoms with van der Waals surface area (Å²) in [6.45, 7) is 3.83. The van der Waals surface area contributed by atoms with Gasteiger partial charge < -0.3 is 10.6 Å². The summed E-state index contributed by atoms with van der Waals surface area (Å²) in [5.74, 6) is -0.359. The van der Waals surface area contributed by atoms with Gasteiger partial charge in [0.1, 0.15) is 0 Å². The summed E-state index contributed by atoms with van der Waals surface area (Å²) in [5.41, 5.74) is 2.99. The van der Waals surface area contributed by atoms with Gasteiger partial charge in [0.15, 0.2) is 0 Å². The molecule has 0 radical (unpaired) electrons.